The van der Waals surface area contributed by atoms with Crippen molar-refractivity contribution >= 4 is 11.6 Å². The highest BCUT2D eigenvalue weighted by Gasteiger charge is 2.38. The fourth-order valence-corrected chi connectivity index (χ4v) is 3.97. The number of hydrogen-bond donors (Lipinski definition) is 1. The Morgan fingerprint density at radius 2 is 1.91 bits per heavy atom. The molecule has 0 bridgehead atoms. The van der Waals surface area contributed by atoms with Crippen LogP contribution in [0.3, 0.4) is 0 Å². The van der Waals surface area contributed by atoms with Gasteiger partial charge in [-0.1, -0.05) is 42.5 Å². The topological polar surface area (TPSA) is 98.8 Å². The largest absolute Gasteiger partial charge is 0.507 e. The lowest BCUT2D eigenvalue weighted by Gasteiger charge is -2.28. The van der Waals surface area contributed by atoms with E-state index in [1.54, 1.807) is 38.1 Å². The van der Waals surface area contributed by atoms with E-state index in [9.17, 15) is 9.90 Å². The molecule has 0 amide bonds. The van der Waals surface area contributed by atoms with Crippen LogP contribution in [0.4, 0.5) is 0 Å². The van der Waals surface area contributed by atoms with Gasteiger partial charge in [-0.3, -0.25) is 0 Å². The van der Waals surface area contributed by atoms with E-state index in [2.05, 4.69) is 10.1 Å². The molecular weight excluding hydrogens is 408 g/mol. The Kier molecular flexibility index (Phi) is 4.82. The Balaban J connectivity index is 1.76. The monoisotopic (exact) mass is 428 g/mol. The second-order valence-electron chi connectivity index (χ2n) is 7.32. The Morgan fingerprint density at radius 3 is 2.66 bits per heavy atom. The number of aromatic hydroxyl groups is 1. The van der Waals surface area contributed by atoms with Gasteiger partial charge in [0.25, 0.3) is 0 Å². The third-order valence-electron chi connectivity index (χ3n) is 5.37. The van der Waals surface area contributed by atoms with E-state index in [0.29, 0.717) is 39.8 Å². The first-order valence-electron chi connectivity index (χ1n) is 10.2. The molecule has 0 radical (unpaired) electrons. The van der Waals surface area contributed by atoms with Gasteiger partial charge in [0.1, 0.15) is 17.8 Å². The lowest BCUT2D eigenvalue weighted by atomic mass is 9.83. The molecule has 8 heteroatoms. The molecule has 8 nitrogen and oxygen atoms in total. The summed E-state index contributed by atoms with van der Waals surface area (Å²) in [6.45, 7) is 3.74. The summed E-state index contributed by atoms with van der Waals surface area (Å²) < 4.78 is 12.8. The molecule has 1 aliphatic rings. The van der Waals surface area contributed by atoms with Crippen molar-refractivity contribution < 1.29 is 19.4 Å². The number of ether oxygens (including phenoxy) is 2. The number of allylic oxidation sites excluding steroid dienone is 1. The van der Waals surface area contributed by atoms with Crippen molar-refractivity contribution in [1.29, 1.82) is 0 Å². The van der Waals surface area contributed by atoms with Gasteiger partial charge in [0.05, 0.1) is 29.2 Å². The van der Waals surface area contributed by atoms with Crippen LogP contribution < -0.4 is 4.74 Å². The van der Waals surface area contributed by atoms with Crippen molar-refractivity contribution in [3.63, 3.8) is 0 Å². The molecule has 2 aromatic carbocycles. The Morgan fingerprint density at radius 1 is 1.16 bits per heavy atom. The van der Waals surface area contributed by atoms with Gasteiger partial charge in [-0.05, 0) is 31.5 Å². The molecule has 5 rings (SSSR count). The van der Waals surface area contributed by atoms with Crippen molar-refractivity contribution in [2.24, 2.45) is 0 Å². The number of aromatic nitrogens is 4. The van der Waals surface area contributed by atoms with Crippen LogP contribution in [0.5, 0.6) is 11.6 Å². The van der Waals surface area contributed by atoms with E-state index < -0.39 is 11.9 Å². The van der Waals surface area contributed by atoms with Crippen molar-refractivity contribution in [3.05, 3.63) is 83.4 Å². The van der Waals surface area contributed by atoms with Gasteiger partial charge in [-0.2, -0.15) is 0 Å². The summed E-state index contributed by atoms with van der Waals surface area (Å²) in [5.41, 5.74) is 2.86. The molecule has 1 N–H and O–H groups in total. The summed E-state index contributed by atoms with van der Waals surface area (Å²) in [6, 6.07) is 16.5. The molecule has 4 aromatic rings. The highest BCUT2D eigenvalue weighted by molar-refractivity contribution is 5.93. The van der Waals surface area contributed by atoms with Gasteiger partial charge in [0.2, 0.25) is 5.88 Å². The summed E-state index contributed by atoms with van der Waals surface area (Å²) in [4.78, 5) is 22.1. The number of phenols is 1. The molecule has 0 fully saturated rings. The van der Waals surface area contributed by atoms with Crippen molar-refractivity contribution in [3.8, 4) is 23.0 Å². The van der Waals surface area contributed by atoms with Crippen LogP contribution in [0.1, 0.15) is 30.9 Å². The maximum atomic E-state index is 13.0. The molecule has 32 heavy (non-hydrogen) atoms. The molecular formula is C24H20N4O4. The lowest BCUT2D eigenvalue weighted by Crippen LogP contribution is -2.24. The second-order valence-corrected chi connectivity index (χ2v) is 7.32. The predicted octanol–water partition coefficient (Wildman–Crippen LogP) is 3.86. The van der Waals surface area contributed by atoms with Crippen LogP contribution in [-0.4, -0.2) is 37.3 Å². The third kappa shape index (κ3) is 3.17. The van der Waals surface area contributed by atoms with Gasteiger partial charge in [-0.25, -0.2) is 19.3 Å². The fraction of sp³-hybridized carbons (Fsp3) is 0.167. The summed E-state index contributed by atoms with van der Waals surface area (Å²) >= 11 is 0. The van der Waals surface area contributed by atoms with E-state index in [-0.39, 0.29) is 12.4 Å². The Hall–Kier alpha value is -4.20. The number of phenolic OH excluding ortho intramolecular Hbond substituents is 1. The first-order chi connectivity index (χ1) is 15.6. The standard InChI is InChI=1S/C24H20N4O4/c1-3-31-24(30)18-14(2)32-23-20(19(18)15-9-5-4-6-10-15)22-26-21(27-28(22)13-25-23)16-11-7-8-12-17(16)29/h4-13,19,29H,3H2,1-2H3. The van der Waals surface area contributed by atoms with Crippen LogP contribution in [-0.2, 0) is 9.53 Å². The van der Waals surface area contributed by atoms with E-state index in [4.69, 9.17) is 14.5 Å². The average Bonchev–Trinajstić information content (AvgIpc) is 3.23. The number of rotatable bonds is 4. The number of para-hydroxylation sites is 1. The second kappa shape index (κ2) is 7.81. The number of nitrogens with zero attached hydrogens (tertiary/aromatic N) is 4. The minimum atomic E-state index is -0.503. The molecule has 0 aliphatic carbocycles. The molecule has 2 aromatic heterocycles. The molecule has 0 spiro atoms. The molecule has 1 aliphatic heterocycles. The number of fused-ring (bicyclic) bond motifs is 3. The Labute approximate surface area is 183 Å². The number of carbonyl (C=O) groups is 1. The molecule has 3 heterocycles. The predicted molar refractivity (Wildman–Crippen MR) is 116 cm³/mol. The van der Waals surface area contributed by atoms with E-state index in [0.717, 1.165) is 5.56 Å². The first-order valence-corrected chi connectivity index (χ1v) is 10.2. The highest BCUT2D eigenvalue weighted by Crippen LogP contribution is 2.44. The number of carbonyl (C=O) groups excluding carboxylic acids is 1. The minimum absolute atomic E-state index is 0.0732. The van der Waals surface area contributed by atoms with Crippen LogP contribution in [0, 0.1) is 0 Å². The van der Waals surface area contributed by atoms with Crippen molar-refractivity contribution in [1.82, 2.24) is 19.6 Å². The molecule has 1 atom stereocenters. The lowest BCUT2D eigenvalue weighted by molar-refractivity contribution is -0.139. The van der Waals surface area contributed by atoms with E-state index in [1.165, 1.54) is 10.8 Å². The smallest absolute Gasteiger partial charge is 0.338 e. The van der Waals surface area contributed by atoms with Crippen molar-refractivity contribution in [2.75, 3.05) is 6.61 Å². The van der Waals surface area contributed by atoms with Gasteiger partial charge in [-0.15, -0.1) is 5.10 Å². The maximum absolute atomic E-state index is 13.0. The third-order valence-corrected chi connectivity index (χ3v) is 5.37. The van der Waals surface area contributed by atoms with Gasteiger partial charge in [0, 0.05) is 0 Å². The van der Waals surface area contributed by atoms with Crippen LogP contribution in [0.15, 0.2) is 72.3 Å². The molecule has 160 valence electrons. The zero-order valence-corrected chi connectivity index (χ0v) is 17.5. The van der Waals surface area contributed by atoms with Crippen LogP contribution >= 0.6 is 0 Å². The molecule has 1 unspecified atom stereocenters. The zero-order chi connectivity index (χ0) is 22.2. The average molecular weight is 428 g/mol. The highest BCUT2D eigenvalue weighted by atomic mass is 16.5. The normalized spacial score (nSPS) is 15.4. The van der Waals surface area contributed by atoms with Crippen LogP contribution in [0.25, 0.3) is 17.0 Å². The van der Waals surface area contributed by atoms with Crippen molar-refractivity contribution in [2.45, 2.75) is 19.8 Å². The van der Waals surface area contributed by atoms with E-state index >= 15 is 0 Å². The SMILES string of the molecule is CCOC(=O)C1=C(C)Oc2ncn3nc(-c4ccccc4O)nc3c2C1c1ccccc1. The zero-order valence-electron chi connectivity index (χ0n) is 17.5. The van der Waals surface area contributed by atoms with Gasteiger partial charge >= 0.3 is 5.97 Å². The fourth-order valence-electron chi connectivity index (χ4n) is 3.97. The summed E-state index contributed by atoms with van der Waals surface area (Å²) in [5, 5.41) is 14.8. The van der Waals surface area contributed by atoms with Crippen LogP contribution in [0.2, 0.25) is 0 Å². The maximum Gasteiger partial charge on any atom is 0.338 e. The minimum Gasteiger partial charge on any atom is -0.507 e. The summed E-state index contributed by atoms with van der Waals surface area (Å²) in [7, 11) is 0. The number of esters is 1. The Bertz CT molecular complexity index is 1360. The number of benzene rings is 2. The van der Waals surface area contributed by atoms with Gasteiger partial charge < -0.3 is 14.6 Å². The molecule has 0 saturated carbocycles. The summed E-state index contributed by atoms with van der Waals surface area (Å²) in [6.07, 6.45) is 1.51. The van der Waals surface area contributed by atoms with E-state index in [1.807, 2.05) is 30.3 Å². The molecule has 0 saturated heterocycles. The first kappa shape index (κ1) is 19.7. The quantitative estimate of drug-likeness (QED) is 0.493. The van der Waals surface area contributed by atoms with Gasteiger partial charge in [0.15, 0.2) is 11.5 Å². The summed E-state index contributed by atoms with van der Waals surface area (Å²) in [5.74, 6) is 0.247. The number of hydrogen-bond acceptors (Lipinski definition) is 7.